The second kappa shape index (κ2) is 7.02. The van der Waals surface area contributed by atoms with Crippen molar-refractivity contribution < 1.29 is 13.5 Å². The molecule has 4 nitrogen and oxygen atoms in total. The van der Waals surface area contributed by atoms with E-state index in [0.717, 1.165) is 22.5 Å². The molecule has 100 valence electrons. The van der Waals surface area contributed by atoms with Crippen LogP contribution in [0.3, 0.4) is 0 Å². The van der Waals surface area contributed by atoms with Gasteiger partial charge >= 0.3 is 0 Å². The average molecular weight is 604 g/mol. The first-order valence-corrected chi connectivity index (χ1v) is 9.87. The van der Waals surface area contributed by atoms with Crippen LogP contribution in [-0.4, -0.2) is 20.6 Å². The SMILES string of the molecule is CS(=O)(=O)/N=C(/[O-])CCc1cc(I)cc(I)c1I. The van der Waals surface area contributed by atoms with Gasteiger partial charge in [-0.3, -0.25) is 0 Å². The zero-order chi connectivity index (χ0) is 13.9. The Kier molecular flexibility index (Phi) is 6.58. The van der Waals surface area contributed by atoms with Crippen LogP contribution in [0.4, 0.5) is 0 Å². The van der Waals surface area contributed by atoms with Crippen LogP contribution in [0.1, 0.15) is 12.0 Å². The van der Waals surface area contributed by atoms with Crippen LogP contribution in [0.2, 0.25) is 0 Å². The summed E-state index contributed by atoms with van der Waals surface area (Å²) in [6, 6.07) is 4.05. The van der Waals surface area contributed by atoms with E-state index in [9.17, 15) is 13.5 Å². The molecule has 0 fully saturated rings. The van der Waals surface area contributed by atoms with Crippen molar-refractivity contribution in [2.75, 3.05) is 6.26 Å². The van der Waals surface area contributed by atoms with Crippen molar-refractivity contribution in [2.24, 2.45) is 4.40 Å². The molecule has 0 spiro atoms. The van der Waals surface area contributed by atoms with Gasteiger partial charge in [0.15, 0.2) is 0 Å². The van der Waals surface area contributed by atoms with E-state index in [2.05, 4.69) is 78.2 Å². The smallest absolute Gasteiger partial charge is 0.249 e. The van der Waals surface area contributed by atoms with E-state index in [1.807, 2.05) is 6.07 Å². The molecule has 0 amide bonds. The molecule has 18 heavy (non-hydrogen) atoms. The predicted octanol–water partition coefficient (Wildman–Crippen LogP) is 2.15. The first-order valence-electron chi connectivity index (χ1n) is 4.78. The normalized spacial score (nSPS) is 12.8. The van der Waals surface area contributed by atoms with Crippen molar-refractivity contribution in [1.29, 1.82) is 0 Å². The minimum Gasteiger partial charge on any atom is -0.861 e. The van der Waals surface area contributed by atoms with Gasteiger partial charge in [-0.05, 0) is 104 Å². The monoisotopic (exact) mass is 604 g/mol. The highest BCUT2D eigenvalue weighted by molar-refractivity contribution is 14.1. The van der Waals surface area contributed by atoms with Gasteiger partial charge in [0.25, 0.3) is 0 Å². The van der Waals surface area contributed by atoms with Gasteiger partial charge in [0.05, 0.1) is 6.26 Å². The van der Waals surface area contributed by atoms with E-state index in [1.54, 1.807) is 0 Å². The third-order valence-electron chi connectivity index (χ3n) is 1.94. The molecule has 1 rings (SSSR count). The van der Waals surface area contributed by atoms with Gasteiger partial charge < -0.3 is 5.11 Å². The average Bonchev–Trinajstić information content (AvgIpc) is 2.18. The van der Waals surface area contributed by atoms with Gasteiger partial charge in [-0.15, -0.1) is 0 Å². The van der Waals surface area contributed by atoms with Gasteiger partial charge in [-0.1, -0.05) is 0 Å². The summed E-state index contributed by atoms with van der Waals surface area (Å²) in [5.41, 5.74) is 1.05. The van der Waals surface area contributed by atoms with Crippen LogP contribution in [0.15, 0.2) is 16.5 Å². The zero-order valence-corrected chi connectivity index (χ0v) is 16.6. The van der Waals surface area contributed by atoms with Crippen LogP contribution >= 0.6 is 67.8 Å². The van der Waals surface area contributed by atoms with Gasteiger partial charge in [-0.25, -0.2) is 8.42 Å². The maximum Gasteiger partial charge on any atom is 0.249 e. The molecule has 1 aromatic rings. The minimum absolute atomic E-state index is 0.110. The molecule has 1 aromatic carbocycles. The number of benzene rings is 1. The summed E-state index contributed by atoms with van der Waals surface area (Å²) in [6.07, 6.45) is 1.53. The van der Waals surface area contributed by atoms with Gasteiger partial charge in [0.1, 0.15) is 0 Å². The Morgan fingerprint density at radius 1 is 1.33 bits per heavy atom. The Bertz CT molecular complexity index is 584. The minimum atomic E-state index is -3.58. The largest absolute Gasteiger partial charge is 0.861 e. The summed E-state index contributed by atoms with van der Waals surface area (Å²) in [6.45, 7) is 0. The van der Waals surface area contributed by atoms with Crippen molar-refractivity contribution in [2.45, 2.75) is 12.8 Å². The molecule has 0 saturated heterocycles. The molecule has 0 aliphatic heterocycles. The summed E-state index contributed by atoms with van der Waals surface area (Å²) >= 11 is 6.68. The molecule has 0 aliphatic rings. The molecule has 0 bridgehead atoms. The molecule has 0 atom stereocenters. The number of sulfonamides is 1. The fourth-order valence-electron chi connectivity index (χ4n) is 1.26. The van der Waals surface area contributed by atoms with Crippen molar-refractivity contribution in [3.8, 4) is 0 Å². The lowest BCUT2D eigenvalue weighted by Crippen LogP contribution is -2.20. The lowest BCUT2D eigenvalue weighted by molar-refractivity contribution is -0.218. The molecule has 8 heteroatoms. The number of aryl methyl sites for hydroxylation is 1. The molecular weight excluding hydrogens is 595 g/mol. The van der Waals surface area contributed by atoms with Crippen molar-refractivity contribution in [3.05, 3.63) is 28.4 Å². The quantitative estimate of drug-likeness (QED) is 0.229. The van der Waals surface area contributed by atoms with Crippen LogP contribution in [0.25, 0.3) is 0 Å². The highest BCUT2D eigenvalue weighted by Crippen LogP contribution is 2.23. The first kappa shape index (κ1) is 16.9. The van der Waals surface area contributed by atoms with E-state index in [0.29, 0.717) is 6.42 Å². The Hall–Kier alpha value is 0.830. The molecule has 0 aromatic heterocycles. The summed E-state index contributed by atoms with van der Waals surface area (Å²) < 4.78 is 28.1. The van der Waals surface area contributed by atoms with Crippen LogP contribution in [0, 0.1) is 10.7 Å². The van der Waals surface area contributed by atoms with Gasteiger partial charge in [0, 0.05) is 10.7 Å². The fourth-order valence-corrected chi connectivity index (χ4v) is 4.27. The molecule has 0 N–H and O–H groups in total. The second-order valence-electron chi connectivity index (χ2n) is 3.58. The summed E-state index contributed by atoms with van der Waals surface area (Å²) in [7, 11) is -3.58. The first-order chi connectivity index (χ1) is 8.19. The lowest BCUT2D eigenvalue weighted by atomic mass is 10.1. The highest BCUT2D eigenvalue weighted by Gasteiger charge is 2.06. The lowest BCUT2D eigenvalue weighted by Gasteiger charge is -2.11. The molecule has 0 radical (unpaired) electrons. The Labute approximate surface area is 147 Å². The molecule has 0 heterocycles. The Morgan fingerprint density at radius 3 is 2.50 bits per heavy atom. The topological polar surface area (TPSA) is 69.6 Å². The molecule has 0 aliphatic carbocycles. The third-order valence-corrected chi connectivity index (χ3v) is 6.26. The van der Waals surface area contributed by atoms with E-state index < -0.39 is 15.9 Å². The second-order valence-corrected chi connectivity index (χ2v) is 8.71. The van der Waals surface area contributed by atoms with E-state index >= 15 is 0 Å². The molecule has 0 unspecified atom stereocenters. The van der Waals surface area contributed by atoms with Crippen LogP contribution < -0.4 is 5.11 Å². The number of rotatable bonds is 4. The van der Waals surface area contributed by atoms with Crippen molar-refractivity contribution in [3.63, 3.8) is 0 Å². The third kappa shape index (κ3) is 5.86. The van der Waals surface area contributed by atoms with E-state index in [4.69, 9.17) is 0 Å². The standard InChI is InChI=1S/C10H10I3NO3S/c1-18(16,17)14-9(15)3-2-6-4-7(11)5-8(12)10(6)13/h4-5H,2-3H2,1H3,(H,14,15)/p-1. The summed E-state index contributed by atoms with van der Waals surface area (Å²) in [5, 5.41) is 11.4. The number of halogens is 3. The van der Waals surface area contributed by atoms with Gasteiger partial charge in [-0.2, -0.15) is 4.40 Å². The Morgan fingerprint density at radius 2 is 1.94 bits per heavy atom. The summed E-state index contributed by atoms with van der Waals surface area (Å²) in [5.74, 6) is -0.595. The highest BCUT2D eigenvalue weighted by atomic mass is 127. The van der Waals surface area contributed by atoms with Gasteiger partial charge in [0.2, 0.25) is 10.0 Å². The fraction of sp³-hybridized carbons (Fsp3) is 0.300. The van der Waals surface area contributed by atoms with E-state index in [1.165, 1.54) is 0 Å². The predicted molar refractivity (Wildman–Crippen MR) is 95.2 cm³/mol. The maximum absolute atomic E-state index is 11.4. The van der Waals surface area contributed by atoms with Crippen molar-refractivity contribution in [1.82, 2.24) is 0 Å². The van der Waals surface area contributed by atoms with E-state index in [-0.39, 0.29) is 6.42 Å². The van der Waals surface area contributed by atoms with Crippen LogP contribution in [0.5, 0.6) is 0 Å². The van der Waals surface area contributed by atoms with Crippen molar-refractivity contribution >= 4 is 83.7 Å². The number of hydrogen-bond acceptors (Lipinski definition) is 3. The molecule has 0 saturated carbocycles. The molecular formula is C10H9I3NO3S-. The number of hydrogen-bond donors (Lipinski definition) is 0. The maximum atomic E-state index is 11.4. The zero-order valence-electron chi connectivity index (χ0n) is 9.28. The van der Waals surface area contributed by atoms with Crippen LogP contribution in [-0.2, 0) is 16.4 Å². The Balaban J connectivity index is 2.85. The summed E-state index contributed by atoms with van der Waals surface area (Å²) in [4.78, 5) is 0. The number of nitrogens with zero attached hydrogens (tertiary/aromatic N) is 1.